The maximum absolute atomic E-state index is 12.4. The smallest absolute Gasteiger partial charge is 0.265 e. The van der Waals surface area contributed by atoms with Crippen molar-refractivity contribution in [1.29, 1.82) is 0 Å². The molecule has 1 unspecified atom stereocenters. The van der Waals surface area contributed by atoms with Crippen LogP contribution >= 0.6 is 12.4 Å². The number of fused-ring (bicyclic) bond motifs is 2. The van der Waals surface area contributed by atoms with Crippen LogP contribution in [-0.4, -0.2) is 18.6 Å². The van der Waals surface area contributed by atoms with Gasteiger partial charge in [0.25, 0.3) is 5.91 Å². The molecule has 23 heavy (non-hydrogen) atoms. The van der Waals surface area contributed by atoms with Crippen molar-refractivity contribution in [1.82, 2.24) is 5.32 Å². The molecule has 2 aromatic carbocycles. The van der Waals surface area contributed by atoms with Crippen LogP contribution in [0.15, 0.2) is 42.5 Å². The zero-order valence-electron chi connectivity index (χ0n) is 12.7. The fourth-order valence-corrected chi connectivity index (χ4v) is 3.11. The van der Waals surface area contributed by atoms with Gasteiger partial charge in [-0.1, -0.05) is 24.3 Å². The van der Waals surface area contributed by atoms with E-state index in [2.05, 4.69) is 22.8 Å². The quantitative estimate of drug-likeness (QED) is 0.890. The molecule has 1 atom stereocenters. The lowest BCUT2D eigenvalue weighted by Gasteiger charge is -2.18. The van der Waals surface area contributed by atoms with Gasteiger partial charge < -0.3 is 15.4 Å². The molecule has 0 radical (unpaired) electrons. The minimum atomic E-state index is -0.438. The molecule has 5 heteroatoms. The number of amides is 1. The number of carbonyl (C=O) groups is 1. The van der Waals surface area contributed by atoms with Crippen molar-refractivity contribution in [2.24, 2.45) is 0 Å². The second kappa shape index (κ2) is 6.60. The number of carbonyl (C=O) groups excluding carboxylic acids is 1. The van der Waals surface area contributed by atoms with Crippen molar-refractivity contribution in [2.75, 3.05) is 11.9 Å². The van der Waals surface area contributed by atoms with E-state index in [1.807, 2.05) is 30.3 Å². The predicted molar refractivity (Wildman–Crippen MR) is 92.3 cm³/mol. The van der Waals surface area contributed by atoms with Gasteiger partial charge >= 0.3 is 0 Å². The Kier molecular flexibility index (Phi) is 4.55. The number of hydrogen-bond donors (Lipinski definition) is 2. The minimum absolute atomic E-state index is 0. The van der Waals surface area contributed by atoms with Gasteiger partial charge in [0.15, 0.2) is 6.10 Å². The number of rotatable bonds is 2. The first-order chi connectivity index (χ1) is 10.8. The molecule has 0 aromatic heterocycles. The lowest BCUT2D eigenvalue weighted by Crippen LogP contribution is -2.31. The van der Waals surface area contributed by atoms with Crippen molar-refractivity contribution < 1.29 is 9.53 Å². The lowest BCUT2D eigenvalue weighted by atomic mass is 10.0. The summed E-state index contributed by atoms with van der Waals surface area (Å²) in [5.41, 5.74) is 4.56. The van der Waals surface area contributed by atoms with Crippen LogP contribution in [-0.2, 0) is 24.2 Å². The molecule has 120 valence electrons. The Balaban J connectivity index is 0.00000156. The molecule has 2 aromatic rings. The maximum atomic E-state index is 12.4. The lowest BCUT2D eigenvalue weighted by molar-refractivity contribution is -0.122. The van der Waals surface area contributed by atoms with Crippen LogP contribution < -0.4 is 15.4 Å². The van der Waals surface area contributed by atoms with Gasteiger partial charge in [-0.3, -0.25) is 4.79 Å². The largest absolute Gasteiger partial charge is 0.480 e. The topological polar surface area (TPSA) is 50.4 Å². The van der Waals surface area contributed by atoms with Crippen molar-refractivity contribution >= 4 is 24.0 Å². The van der Waals surface area contributed by atoms with Crippen LogP contribution in [0.5, 0.6) is 5.75 Å². The van der Waals surface area contributed by atoms with E-state index in [0.717, 1.165) is 36.5 Å². The summed E-state index contributed by atoms with van der Waals surface area (Å²) < 4.78 is 5.73. The van der Waals surface area contributed by atoms with E-state index in [1.54, 1.807) is 0 Å². The second-order valence-corrected chi connectivity index (χ2v) is 5.82. The van der Waals surface area contributed by atoms with Crippen LogP contribution in [0.2, 0.25) is 0 Å². The van der Waals surface area contributed by atoms with Gasteiger partial charge in [0.1, 0.15) is 5.75 Å². The highest BCUT2D eigenvalue weighted by molar-refractivity contribution is 5.95. The van der Waals surface area contributed by atoms with E-state index >= 15 is 0 Å². The van der Waals surface area contributed by atoms with Gasteiger partial charge in [0.05, 0.1) is 0 Å². The number of nitrogens with one attached hydrogen (secondary N) is 2. The van der Waals surface area contributed by atoms with Gasteiger partial charge in [-0.15, -0.1) is 12.4 Å². The molecule has 0 fully saturated rings. The molecule has 2 heterocycles. The van der Waals surface area contributed by atoms with Crippen LogP contribution in [0.3, 0.4) is 0 Å². The molecule has 2 N–H and O–H groups in total. The van der Waals surface area contributed by atoms with E-state index < -0.39 is 6.10 Å². The normalized spacial score (nSPS) is 18.2. The number of anilines is 1. The number of halogens is 1. The first-order valence-electron chi connectivity index (χ1n) is 7.67. The highest BCUT2D eigenvalue weighted by atomic mass is 35.5. The van der Waals surface area contributed by atoms with E-state index in [0.29, 0.717) is 6.42 Å². The highest BCUT2D eigenvalue weighted by Gasteiger charge is 2.28. The fraction of sp³-hybridized carbons (Fsp3) is 0.278. The molecule has 2 aliphatic rings. The maximum Gasteiger partial charge on any atom is 0.265 e. The molecule has 1 amide bonds. The summed E-state index contributed by atoms with van der Waals surface area (Å²) in [6, 6.07) is 14.0. The standard InChI is InChI=1S/C18H18N2O2.ClH/c21-18(17-10-13-3-1-2-4-16(13)22-17)20-15-6-5-12-7-8-19-11-14(12)9-15;/h1-6,9,17,19H,7-8,10-11H2,(H,20,21);1H. The number of ether oxygens (including phenoxy) is 1. The number of hydrogen-bond acceptors (Lipinski definition) is 3. The zero-order chi connectivity index (χ0) is 14.9. The van der Waals surface area contributed by atoms with Gasteiger partial charge in [0.2, 0.25) is 0 Å². The predicted octanol–water partition coefficient (Wildman–Crippen LogP) is 2.70. The molecule has 4 rings (SSSR count). The molecule has 0 saturated heterocycles. The Morgan fingerprint density at radius 3 is 2.87 bits per heavy atom. The molecule has 0 bridgehead atoms. The van der Waals surface area contributed by atoms with Gasteiger partial charge in [-0.2, -0.15) is 0 Å². The third-order valence-corrected chi connectivity index (χ3v) is 4.30. The molecule has 0 saturated carbocycles. The van der Waals surface area contributed by atoms with Gasteiger partial charge in [0, 0.05) is 18.7 Å². The number of para-hydroxylation sites is 1. The molecule has 2 aliphatic heterocycles. The molecule has 4 nitrogen and oxygen atoms in total. The average Bonchev–Trinajstić information content (AvgIpc) is 2.99. The summed E-state index contributed by atoms with van der Waals surface area (Å²) in [7, 11) is 0. The Hall–Kier alpha value is -2.04. The zero-order valence-corrected chi connectivity index (χ0v) is 13.5. The van der Waals surface area contributed by atoms with Crippen LogP contribution in [0, 0.1) is 0 Å². The van der Waals surface area contributed by atoms with Crippen LogP contribution in [0.25, 0.3) is 0 Å². The van der Waals surface area contributed by atoms with Gasteiger partial charge in [-0.05, 0) is 47.9 Å². The minimum Gasteiger partial charge on any atom is -0.480 e. The van der Waals surface area contributed by atoms with Crippen LogP contribution in [0.1, 0.15) is 16.7 Å². The van der Waals surface area contributed by atoms with Crippen molar-refractivity contribution in [2.45, 2.75) is 25.5 Å². The van der Waals surface area contributed by atoms with E-state index in [9.17, 15) is 4.79 Å². The first-order valence-corrected chi connectivity index (χ1v) is 7.67. The Morgan fingerprint density at radius 2 is 2.00 bits per heavy atom. The fourth-order valence-electron chi connectivity index (χ4n) is 3.11. The molecule has 0 aliphatic carbocycles. The van der Waals surface area contributed by atoms with E-state index in [4.69, 9.17) is 4.74 Å². The summed E-state index contributed by atoms with van der Waals surface area (Å²) >= 11 is 0. The first kappa shape index (κ1) is 15.8. The third-order valence-electron chi connectivity index (χ3n) is 4.30. The summed E-state index contributed by atoms with van der Waals surface area (Å²) in [4.78, 5) is 12.4. The van der Waals surface area contributed by atoms with Crippen molar-refractivity contribution in [3.63, 3.8) is 0 Å². The molecular weight excluding hydrogens is 312 g/mol. The van der Waals surface area contributed by atoms with E-state index in [-0.39, 0.29) is 18.3 Å². The SMILES string of the molecule is Cl.O=C(Nc1ccc2c(c1)CNCC2)C1Cc2ccccc2O1. The Bertz CT molecular complexity index is 708. The summed E-state index contributed by atoms with van der Waals surface area (Å²) in [5, 5.41) is 6.33. The summed E-state index contributed by atoms with van der Waals surface area (Å²) in [6.07, 6.45) is 1.24. The second-order valence-electron chi connectivity index (χ2n) is 5.82. The highest BCUT2D eigenvalue weighted by Crippen LogP contribution is 2.29. The number of benzene rings is 2. The average molecular weight is 331 g/mol. The summed E-state index contributed by atoms with van der Waals surface area (Å²) in [5.74, 6) is 0.734. The molecular formula is C18H19ClN2O2. The monoisotopic (exact) mass is 330 g/mol. The Morgan fingerprint density at radius 1 is 1.13 bits per heavy atom. The van der Waals surface area contributed by atoms with E-state index in [1.165, 1.54) is 11.1 Å². The van der Waals surface area contributed by atoms with Crippen molar-refractivity contribution in [3.8, 4) is 5.75 Å². The van der Waals surface area contributed by atoms with Crippen LogP contribution in [0.4, 0.5) is 5.69 Å². The third kappa shape index (κ3) is 3.19. The van der Waals surface area contributed by atoms with Crippen molar-refractivity contribution in [3.05, 3.63) is 59.2 Å². The summed E-state index contributed by atoms with van der Waals surface area (Å²) in [6.45, 7) is 1.89. The molecule has 0 spiro atoms. The van der Waals surface area contributed by atoms with Gasteiger partial charge in [-0.25, -0.2) is 0 Å². The Labute approximate surface area is 141 Å².